The molecule has 6 rings (SSSR count). The van der Waals surface area contributed by atoms with Gasteiger partial charge in [-0.05, 0) is 155 Å². The van der Waals surface area contributed by atoms with Crippen molar-refractivity contribution in [2.75, 3.05) is 58.6 Å². The highest BCUT2D eigenvalue weighted by atomic mass is 32.2. The van der Waals surface area contributed by atoms with Crippen molar-refractivity contribution in [3.63, 3.8) is 0 Å². The molecule has 0 atom stereocenters. The number of nitrogens with zero attached hydrogens (tertiary/aromatic N) is 3. The van der Waals surface area contributed by atoms with E-state index in [0.717, 1.165) is 50.2 Å². The molecule has 4 aliphatic rings. The number of ether oxygens (including phenoxy) is 4. The number of nitrogens with one attached hydrogen (secondary N) is 1. The van der Waals surface area contributed by atoms with Gasteiger partial charge in [-0.25, -0.2) is 30.7 Å². The Balaban J connectivity index is 0.000000242. The fourth-order valence-corrected chi connectivity index (χ4v) is 10.6. The van der Waals surface area contributed by atoms with Gasteiger partial charge < -0.3 is 34.1 Å². The summed E-state index contributed by atoms with van der Waals surface area (Å²) in [5.41, 5.74) is -2.50. The van der Waals surface area contributed by atoms with E-state index in [4.69, 9.17) is 18.9 Å². The Morgan fingerprint density at radius 3 is 1.21 bits per heavy atom. The summed E-state index contributed by atoms with van der Waals surface area (Å²) in [7, 11) is -6.50. The first-order chi connectivity index (χ1) is 30.9. The van der Waals surface area contributed by atoms with Crippen molar-refractivity contribution >= 4 is 32.0 Å². The van der Waals surface area contributed by atoms with E-state index in [2.05, 4.69) is 5.32 Å². The fourth-order valence-electron chi connectivity index (χ4n) is 7.61. The number of benzene rings is 2. The minimum absolute atomic E-state index is 0.105. The van der Waals surface area contributed by atoms with Crippen LogP contribution in [0.3, 0.4) is 0 Å². The molecule has 4 aliphatic heterocycles. The lowest BCUT2D eigenvalue weighted by Crippen LogP contribution is -2.50. The van der Waals surface area contributed by atoms with Crippen LogP contribution in [-0.2, 0) is 41.7 Å². The van der Waals surface area contributed by atoms with Gasteiger partial charge in [-0.1, -0.05) is 0 Å². The van der Waals surface area contributed by atoms with Gasteiger partial charge in [0.2, 0.25) is 10.0 Å². The maximum Gasteiger partial charge on any atom is 0.416 e. The number of piperidine rings is 4. The summed E-state index contributed by atoms with van der Waals surface area (Å²) in [6.07, 6.45) is -3.99. The minimum atomic E-state index is -4.40. The van der Waals surface area contributed by atoms with Crippen LogP contribution in [-0.4, -0.2) is 136 Å². The fraction of sp³-hybridized carbons (Fsp3) is 0.689. The molecule has 0 bridgehead atoms. The zero-order valence-corrected chi connectivity index (χ0v) is 40.9. The number of halogens is 6. The first-order valence-electron chi connectivity index (χ1n) is 22.4. The Morgan fingerprint density at radius 1 is 0.537 bits per heavy atom. The Hall–Kier alpha value is -4.02. The predicted molar refractivity (Wildman–Crippen MR) is 240 cm³/mol. The van der Waals surface area contributed by atoms with Crippen molar-refractivity contribution in [3.05, 3.63) is 59.7 Å². The highest BCUT2D eigenvalue weighted by molar-refractivity contribution is 7.91. The molecule has 67 heavy (non-hydrogen) atoms. The molecule has 14 nitrogen and oxygen atoms in total. The Kier molecular flexibility index (Phi) is 19.1. The summed E-state index contributed by atoms with van der Waals surface area (Å²) in [6, 6.07) is 9.37. The molecule has 4 saturated heterocycles. The van der Waals surface area contributed by atoms with Crippen LogP contribution in [0.2, 0.25) is 0 Å². The molecule has 0 saturated carbocycles. The van der Waals surface area contributed by atoms with Gasteiger partial charge in [0.1, 0.15) is 44.7 Å². The van der Waals surface area contributed by atoms with Crippen molar-refractivity contribution in [3.8, 4) is 11.5 Å². The molecule has 22 heteroatoms. The second-order valence-corrected chi connectivity index (χ2v) is 23.6. The lowest BCUT2D eigenvalue weighted by atomic mass is 10.1. The third-order valence-electron chi connectivity index (χ3n) is 11.2. The van der Waals surface area contributed by atoms with Crippen LogP contribution in [0.1, 0.15) is 104 Å². The highest BCUT2D eigenvalue weighted by Gasteiger charge is 2.39. The molecule has 2 amide bonds. The lowest BCUT2D eigenvalue weighted by molar-refractivity contribution is -0.138. The number of hydrogen-bond acceptors (Lipinski definition) is 11. The van der Waals surface area contributed by atoms with E-state index in [9.17, 15) is 52.8 Å². The van der Waals surface area contributed by atoms with Gasteiger partial charge in [0.15, 0.2) is 0 Å². The second-order valence-electron chi connectivity index (χ2n) is 19.0. The van der Waals surface area contributed by atoms with Crippen molar-refractivity contribution in [2.45, 2.75) is 139 Å². The Bertz CT molecular complexity index is 2100. The van der Waals surface area contributed by atoms with E-state index in [0.29, 0.717) is 89.3 Å². The molecule has 0 aromatic heterocycles. The third kappa shape index (κ3) is 18.4. The number of amides is 2. The maximum atomic E-state index is 13.1. The number of sulfonamides is 1. The molecular weight excluding hydrogens is 935 g/mol. The highest BCUT2D eigenvalue weighted by Crippen LogP contribution is 2.33. The number of rotatable bonds is 7. The van der Waals surface area contributed by atoms with Crippen LogP contribution in [0.15, 0.2) is 48.5 Å². The Labute approximate surface area is 391 Å². The standard InChI is InChI=1S/C22H31F3N2O5S.C12H14F3NO.C11H21NO4S/c1-21(2,3)32-20(28)26-12-10-19(11-13-26)33(29,30)27-14-8-18(9-15-27)31-17-6-4-16(5-7-17)22(23,24)25;13-12(14,15)9-1-3-10(4-2-9)17-11-5-7-16-8-6-11;1-11(2,3)16-10(13)12-7-5-9(6-8-12)17(4,14)15/h4-7,18-19H,8-15H2,1-3H3;1-4,11,16H,5-8H2;9H,5-8H2,1-4H3. The van der Waals surface area contributed by atoms with E-state index in [1.165, 1.54) is 34.8 Å². The minimum Gasteiger partial charge on any atom is -0.490 e. The number of alkyl halides is 6. The largest absolute Gasteiger partial charge is 0.490 e. The van der Waals surface area contributed by atoms with Crippen molar-refractivity contribution in [1.29, 1.82) is 0 Å². The summed E-state index contributed by atoms with van der Waals surface area (Å²) in [6.45, 7) is 14.7. The van der Waals surface area contributed by atoms with Crippen LogP contribution < -0.4 is 14.8 Å². The van der Waals surface area contributed by atoms with Crippen molar-refractivity contribution in [1.82, 2.24) is 19.4 Å². The summed E-state index contributed by atoms with van der Waals surface area (Å²) in [5, 5.41) is 2.33. The zero-order valence-electron chi connectivity index (χ0n) is 39.3. The average molecular weight is 1000 g/mol. The van der Waals surface area contributed by atoms with Crippen LogP contribution in [0.4, 0.5) is 35.9 Å². The first-order valence-corrected chi connectivity index (χ1v) is 25.9. The van der Waals surface area contributed by atoms with Crippen molar-refractivity contribution < 1.29 is 71.7 Å². The van der Waals surface area contributed by atoms with Gasteiger partial charge in [-0.15, -0.1) is 0 Å². The van der Waals surface area contributed by atoms with Gasteiger partial charge in [0.25, 0.3) is 0 Å². The zero-order chi connectivity index (χ0) is 50.0. The van der Waals surface area contributed by atoms with E-state index < -0.39 is 65.9 Å². The molecule has 1 N–H and O–H groups in total. The van der Waals surface area contributed by atoms with Crippen LogP contribution in [0.25, 0.3) is 0 Å². The maximum absolute atomic E-state index is 13.1. The topological polar surface area (TPSA) is 161 Å². The average Bonchev–Trinajstić information content (AvgIpc) is 3.23. The molecule has 380 valence electrons. The summed E-state index contributed by atoms with van der Waals surface area (Å²) >= 11 is 0. The number of carbonyl (C=O) groups is 2. The first kappa shape index (κ1) is 55.6. The molecule has 0 radical (unpaired) electrons. The van der Waals surface area contributed by atoms with Gasteiger partial charge >= 0.3 is 24.5 Å². The van der Waals surface area contributed by atoms with Gasteiger partial charge in [0, 0.05) is 45.5 Å². The molecule has 4 heterocycles. The summed E-state index contributed by atoms with van der Waals surface area (Å²) < 4.78 is 147. The molecule has 0 unspecified atom stereocenters. The van der Waals surface area contributed by atoms with E-state index in [1.54, 1.807) is 30.6 Å². The molecule has 0 aliphatic carbocycles. The molecule has 2 aromatic rings. The smallest absolute Gasteiger partial charge is 0.416 e. The Morgan fingerprint density at radius 2 is 0.881 bits per heavy atom. The van der Waals surface area contributed by atoms with Crippen LogP contribution >= 0.6 is 0 Å². The summed E-state index contributed by atoms with van der Waals surface area (Å²) in [4.78, 5) is 27.0. The van der Waals surface area contributed by atoms with Crippen LogP contribution in [0.5, 0.6) is 11.5 Å². The number of sulfone groups is 1. The predicted octanol–water partition coefficient (Wildman–Crippen LogP) is 8.54. The van der Waals surface area contributed by atoms with E-state index in [1.807, 2.05) is 20.8 Å². The SMILES string of the molecule is CC(C)(C)OC(=O)N1CCC(S(=O)(=O)N2CCC(Oc3ccc(C(F)(F)F)cc3)CC2)CC1.CC(C)(C)OC(=O)N1CCC(S(C)(=O)=O)CC1.FC(F)(F)c1ccc(OC2CCNCC2)cc1. The monoisotopic (exact) mass is 1000 g/mol. The summed E-state index contributed by atoms with van der Waals surface area (Å²) in [5.74, 6) is 0.837. The normalized spacial score (nSPS) is 19.3. The molecule has 4 fully saturated rings. The molecule has 2 aromatic carbocycles. The van der Waals surface area contributed by atoms with Crippen molar-refractivity contribution in [2.24, 2.45) is 0 Å². The van der Waals surface area contributed by atoms with Gasteiger partial charge in [-0.3, -0.25) is 0 Å². The van der Waals surface area contributed by atoms with Gasteiger partial charge in [0.05, 0.1) is 21.6 Å². The number of carbonyl (C=O) groups excluding carboxylic acids is 2. The number of hydrogen-bond donors (Lipinski definition) is 1. The van der Waals surface area contributed by atoms with E-state index in [-0.39, 0.29) is 23.6 Å². The molecule has 0 spiro atoms. The quantitative estimate of drug-likeness (QED) is 0.265. The van der Waals surface area contributed by atoms with Crippen LogP contribution in [0, 0.1) is 0 Å². The number of likely N-dealkylation sites (tertiary alicyclic amines) is 2. The lowest BCUT2D eigenvalue weighted by Gasteiger charge is -2.37. The molecular formula is C45H66F6N4O10S2. The third-order valence-corrected chi connectivity index (χ3v) is 15.3. The van der Waals surface area contributed by atoms with E-state index >= 15 is 0 Å². The van der Waals surface area contributed by atoms with Gasteiger partial charge in [-0.2, -0.15) is 26.3 Å². The second kappa shape index (κ2) is 23.1.